The van der Waals surface area contributed by atoms with Crippen LogP contribution >= 0.6 is 7.82 Å². The number of methoxy groups -OCH3 is 5. The molecule has 0 amide bonds. The van der Waals surface area contributed by atoms with Gasteiger partial charge in [0, 0.05) is 11.1 Å². The third-order valence-electron chi connectivity index (χ3n) is 5.83. The maximum absolute atomic E-state index is 14.1. The summed E-state index contributed by atoms with van der Waals surface area (Å²) in [6.07, 6.45) is 0. The van der Waals surface area contributed by atoms with Crippen molar-refractivity contribution in [3.8, 4) is 45.8 Å². The van der Waals surface area contributed by atoms with Gasteiger partial charge in [0.25, 0.3) is 0 Å². The third kappa shape index (κ3) is 4.99. The Morgan fingerprint density at radius 1 is 0.763 bits per heavy atom. The highest BCUT2D eigenvalue weighted by atomic mass is 31.2. The summed E-state index contributed by atoms with van der Waals surface area (Å²) in [6.45, 7) is 0. The van der Waals surface area contributed by atoms with Crippen LogP contribution in [0.1, 0.15) is 15.9 Å². The molecular formula is C26H26NO10P. The minimum absolute atomic E-state index is 0.100. The topological polar surface area (TPSA) is 146 Å². The number of ketones is 1. The van der Waals surface area contributed by atoms with Gasteiger partial charge in [0.15, 0.2) is 28.8 Å². The zero-order valence-electron chi connectivity index (χ0n) is 21.2. The molecule has 200 valence electrons. The Morgan fingerprint density at radius 2 is 1.39 bits per heavy atom. The van der Waals surface area contributed by atoms with Crippen molar-refractivity contribution in [3.63, 3.8) is 0 Å². The number of H-pyrrole nitrogens is 1. The average Bonchev–Trinajstić information content (AvgIpc) is 3.30. The number of carbonyl (C=O) groups is 1. The molecule has 1 aromatic heterocycles. The van der Waals surface area contributed by atoms with E-state index >= 15 is 0 Å². The van der Waals surface area contributed by atoms with Crippen molar-refractivity contribution >= 4 is 24.5 Å². The van der Waals surface area contributed by atoms with Crippen LogP contribution < -0.4 is 28.2 Å². The van der Waals surface area contributed by atoms with E-state index in [1.54, 1.807) is 24.3 Å². The molecule has 0 atom stereocenters. The summed E-state index contributed by atoms with van der Waals surface area (Å²) in [6, 6.07) is 12.8. The summed E-state index contributed by atoms with van der Waals surface area (Å²) in [5.74, 6) is 0.871. The molecule has 38 heavy (non-hydrogen) atoms. The first-order valence-electron chi connectivity index (χ1n) is 11.1. The molecule has 0 aliphatic heterocycles. The van der Waals surface area contributed by atoms with E-state index in [2.05, 4.69) is 4.98 Å². The van der Waals surface area contributed by atoms with E-state index in [-0.39, 0.29) is 22.6 Å². The summed E-state index contributed by atoms with van der Waals surface area (Å²) in [4.78, 5) is 36.2. The van der Waals surface area contributed by atoms with E-state index in [0.717, 1.165) is 0 Å². The molecule has 0 spiro atoms. The van der Waals surface area contributed by atoms with Crippen LogP contribution in [0.2, 0.25) is 0 Å². The van der Waals surface area contributed by atoms with Gasteiger partial charge >= 0.3 is 7.82 Å². The quantitative estimate of drug-likeness (QED) is 0.192. The fraction of sp³-hybridized carbons (Fsp3) is 0.192. The minimum atomic E-state index is -4.90. The number of aromatic amines is 1. The van der Waals surface area contributed by atoms with Gasteiger partial charge in [-0.2, -0.15) is 0 Å². The number of hydrogen-bond donors (Lipinski definition) is 3. The number of benzene rings is 3. The lowest BCUT2D eigenvalue weighted by molar-refractivity contribution is 0.103. The van der Waals surface area contributed by atoms with Crippen LogP contribution in [0.3, 0.4) is 0 Å². The number of carbonyl (C=O) groups excluding carboxylic acids is 1. The van der Waals surface area contributed by atoms with Crippen LogP contribution in [0, 0.1) is 0 Å². The van der Waals surface area contributed by atoms with Gasteiger partial charge in [0.05, 0.1) is 57.7 Å². The molecule has 11 nitrogen and oxygen atoms in total. The number of fused-ring (bicyclic) bond motifs is 1. The monoisotopic (exact) mass is 543 g/mol. The Bertz CT molecular complexity index is 1530. The van der Waals surface area contributed by atoms with Crippen LogP contribution in [-0.4, -0.2) is 56.1 Å². The van der Waals surface area contributed by atoms with Crippen molar-refractivity contribution < 1.29 is 47.4 Å². The second-order valence-corrected chi connectivity index (χ2v) is 9.11. The number of aromatic nitrogens is 1. The van der Waals surface area contributed by atoms with Crippen LogP contribution in [0.25, 0.3) is 22.2 Å². The van der Waals surface area contributed by atoms with Crippen LogP contribution in [0.15, 0.2) is 48.5 Å². The summed E-state index contributed by atoms with van der Waals surface area (Å²) in [5, 5.41) is 0.511. The fourth-order valence-corrected chi connectivity index (χ4v) is 4.62. The highest BCUT2D eigenvalue weighted by Crippen LogP contribution is 2.46. The molecule has 3 aromatic carbocycles. The van der Waals surface area contributed by atoms with Crippen molar-refractivity contribution in [3.05, 3.63) is 59.7 Å². The normalized spacial score (nSPS) is 11.2. The molecule has 0 aliphatic carbocycles. The van der Waals surface area contributed by atoms with Crippen LogP contribution in [-0.2, 0) is 4.57 Å². The molecule has 0 saturated heterocycles. The van der Waals surface area contributed by atoms with Gasteiger partial charge in [-0.05, 0) is 42.5 Å². The van der Waals surface area contributed by atoms with Gasteiger partial charge in [-0.25, -0.2) is 4.57 Å². The lowest BCUT2D eigenvalue weighted by Crippen LogP contribution is -2.06. The van der Waals surface area contributed by atoms with Gasteiger partial charge in [0.2, 0.25) is 5.75 Å². The standard InChI is InChI=1S/C26H26NO10P/c1-32-17-10-9-14(11-19(17)37-38(29,30)31)24-23(22-16(27-24)7-6-8-18(22)33-2)25(28)15-12-20(34-3)26(36-5)21(13-15)35-4/h6-13,27H,1-5H3,(H2,29,30,31). The van der Waals surface area contributed by atoms with E-state index in [1.807, 2.05) is 0 Å². The van der Waals surface area contributed by atoms with Gasteiger partial charge in [-0.1, -0.05) is 6.07 Å². The number of hydrogen-bond acceptors (Lipinski definition) is 8. The molecule has 4 aromatic rings. The number of nitrogens with one attached hydrogen (secondary N) is 1. The zero-order valence-corrected chi connectivity index (χ0v) is 22.1. The Morgan fingerprint density at radius 3 is 1.95 bits per heavy atom. The molecular weight excluding hydrogens is 517 g/mol. The number of rotatable bonds is 10. The Balaban J connectivity index is 2.00. The Kier molecular flexibility index (Phi) is 7.54. The molecule has 0 saturated carbocycles. The van der Waals surface area contributed by atoms with E-state index in [1.165, 1.54) is 59.8 Å². The molecule has 0 unspecified atom stereocenters. The van der Waals surface area contributed by atoms with Crippen molar-refractivity contribution in [2.75, 3.05) is 35.5 Å². The molecule has 4 rings (SSSR count). The Hall–Kier alpha value is -4.18. The maximum atomic E-state index is 14.1. The average molecular weight is 543 g/mol. The van der Waals surface area contributed by atoms with E-state index < -0.39 is 13.6 Å². The van der Waals surface area contributed by atoms with E-state index in [0.29, 0.717) is 45.2 Å². The number of phosphoric ester groups is 1. The lowest BCUT2D eigenvalue weighted by atomic mass is 9.96. The minimum Gasteiger partial charge on any atom is -0.496 e. The van der Waals surface area contributed by atoms with E-state index in [9.17, 15) is 19.1 Å². The van der Waals surface area contributed by atoms with Gasteiger partial charge in [-0.15, -0.1) is 0 Å². The summed E-state index contributed by atoms with van der Waals surface area (Å²) in [5.41, 5.74) is 1.86. The van der Waals surface area contributed by atoms with Crippen LogP contribution in [0.4, 0.5) is 0 Å². The maximum Gasteiger partial charge on any atom is 0.524 e. The fourth-order valence-electron chi connectivity index (χ4n) is 4.22. The number of ether oxygens (including phenoxy) is 5. The highest BCUT2D eigenvalue weighted by molar-refractivity contribution is 7.46. The third-order valence-corrected chi connectivity index (χ3v) is 6.26. The molecule has 0 bridgehead atoms. The van der Waals surface area contributed by atoms with Crippen molar-refractivity contribution in [1.82, 2.24) is 4.98 Å². The summed E-state index contributed by atoms with van der Waals surface area (Å²) < 4.78 is 43.4. The Labute approximate surface area is 218 Å². The second-order valence-electron chi connectivity index (χ2n) is 7.95. The summed E-state index contributed by atoms with van der Waals surface area (Å²) in [7, 11) is 2.30. The smallest absolute Gasteiger partial charge is 0.496 e. The SMILES string of the molecule is COc1ccc(-c2[nH]c3cccc(OC)c3c2C(=O)c2cc(OC)c(OC)c(OC)c2)cc1OP(=O)(O)O. The molecule has 0 fully saturated rings. The van der Waals surface area contributed by atoms with Gasteiger partial charge < -0.3 is 33.2 Å². The molecule has 12 heteroatoms. The van der Waals surface area contributed by atoms with E-state index in [4.69, 9.17) is 28.2 Å². The van der Waals surface area contributed by atoms with Crippen molar-refractivity contribution in [2.24, 2.45) is 0 Å². The van der Waals surface area contributed by atoms with Crippen molar-refractivity contribution in [2.45, 2.75) is 0 Å². The number of phosphoric acid groups is 1. The summed E-state index contributed by atoms with van der Waals surface area (Å²) >= 11 is 0. The second kappa shape index (κ2) is 10.7. The van der Waals surface area contributed by atoms with Crippen molar-refractivity contribution in [1.29, 1.82) is 0 Å². The first-order valence-corrected chi connectivity index (χ1v) is 12.7. The zero-order chi connectivity index (χ0) is 27.6. The lowest BCUT2D eigenvalue weighted by Gasteiger charge is -2.15. The molecule has 1 heterocycles. The largest absolute Gasteiger partial charge is 0.524 e. The molecule has 3 N–H and O–H groups in total. The first kappa shape index (κ1) is 26.9. The van der Waals surface area contributed by atoms with Gasteiger partial charge in [0.1, 0.15) is 5.75 Å². The molecule has 0 aliphatic rings. The predicted molar refractivity (Wildman–Crippen MR) is 139 cm³/mol. The van der Waals surface area contributed by atoms with Gasteiger partial charge in [-0.3, -0.25) is 14.6 Å². The van der Waals surface area contributed by atoms with Crippen LogP contribution in [0.5, 0.6) is 34.5 Å². The molecule has 0 radical (unpaired) electrons. The predicted octanol–water partition coefficient (Wildman–Crippen LogP) is 4.58. The first-order chi connectivity index (χ1) is 18.1. The highest BCUT2D eigenvalue weighted by Gasteiger charge is 2.27.